The van der Waals surface area contributed by atoms with Gasteiger partial charge < -0.3 is 9.80 Å². The topological polar surface area (TPSA) is 40.6 Å². The van der Waals surface area contributed by atoms with E-state index in [1.54, 1.807) is 19.0 Å². The Labute approximate surface area is 136 Å². The molecule has 0 N–H and O–H groups in total. The maximum Gasteiger partial charge on any atom is 0.416 e. The van der Waals surface area contributed by atoms with Crippen LogP contribution in [0.2, 0.25) is 0 Å². The van der Waals surface area contributed by atoms with E-state index < -0.39 is 11.7 Å². The van der Waals surface area contributed by atoms with E-state index in [-0.39, 0.29) is 35.9 Å². The van der Waals surface area contributed by atoms with E-state index in [2.05, 4.69) is 0 Å². The minimum absolute atomic E-state index is 0.0964. The van der Waals surface area contributed by atoms with Crippen LogP contribution in [-0.4, -0.2) is 48.0 Å². The van der Waals surface area contributed by atoms with Crippen LogP contribution in [0.5, 0.6) is 0 Å². The Morgan fingerprint density at radius 2 is 1.91 bits per heavy atom. The lowest BCUT2D eigenvalue weighted by atomic mass is 10.1. The van der Waals surface area contributed by atoms with E-state index in [0.717, 1.165) is 12.1 Å². The van der Waals surface area contributed by atoms with Crippen molar-refractivity contribution >= 4 is 23.6 Å². The number of hydrogen-bond donors (Lipinski definition) is 0. The smallest absolute Gasteiger partial charge is 0.349 e. The van der Waals surface area contributed by atoms with E-state index in [1.807, 2.05) is 0 Å². The summed E-state index contributed by atoms with van der Waals surface area (Å²) in [5.74, 6) is 0.0642. The van der Waals surface area contributed by atoms with Crippen LogP contribution >= 0.6 is 11.8 Å². The number of amides is 2. The first kappa shape index (κ1) is 17.7. The molecular formula is C15H17F3N2O2S. The van der Waals surface area contributed by atoms with E-state index in [4.69, 9.17) is 0 Å². The molecule has 1 aromatic carbocycles. The van der Waals surface area contributed by atoms with Crippen LogP contribution in [-0.2, 0) is 15.8 Å². The van der Waals surface area contributed by atoms with Gasteiger partial charge in [-0.2, -0.15) is 13.2 Å². The zero-order valence-corrected chi connectivity index (χ0v) is 13.6. The Morgan fingerprint density at radius 1 is 1.30 bits per heavy atom. The first-order valence-corrected chi connectivity index (χ1v) is 8.03. The van der Waals surface area contributed by atoms with Crippen molar-refractivity contribution in [3.05, 3.63) is 35.4 Å². The van der Waals surface area contributed by atoms with Gasteiger partial charge in [0.05, 0.1) is 11.3 Å². The van der Waals surface area contributed by atoms with E-state index in [1.165, 1.54) is 28.8 Å². The second kappa shape index (κ2) is 6.82. The van der Waals surface area contributed by atoms with Crippen molar-refractivity contribution in [3.8, 4) is 0 Å². The second-order valence-electron chi connectivity index (χ2n) is 5.41. The van der Waals surface area contributed by atoms with Crippen molar-refractivity contribution in [2.75, 3.05) is 26.4 Å². The molecule has 1 aliphatic rings. The Bertz CT molecular complexity index is 587. The van der Waals surface area contributed by atoms with Crippen molar-refractivity contribution in [2.24, 2.45) is 0 Å². The number of nitrogens with zero attached hydrogens (tertiary/aromatic N) is 2. The predicted octanol–water partition coefficient (Wildman–Crippen LogP) is 2.76. The van der Waals surface area contributed by atoms with Gasteiger partial charge in [-0.1, -0.05) is 12.1 Å². The second-order valence-corrected chi connectivity index (χ2v) is 6.48. The van der Waals surface area contributed by atoms with Gasteiger partial charge in [0, 0.05) is 27.1 Å². The molecule has 1 fully saturated rings. The molecular weight excluding hydrogens is 329 g/mol. The third kappa shape index (κ3) is 4.19. The molecule has 1 unspecified atom stereocenters. The fourth-order valence-electron chi connectivity index (χ4n) is 2.25. The molecule has 1 atom stereocenters. The lowest BCUT2D eigenvalue weighted by Gasteiger charge is -2.25. The number of rotatable bonds is 4. The molecule has 0 aliphatic carbocycles. The Hall–Kier alpha value is -1.70. The average Bonchev–Trinajstić information content (AvgIpc) is 2.85. The molecule has 0 spiro atoms. The number of carbonyl (C=O) groups is 2. The van der Waals surface area contributed by atoms with Gasteiger partial charge in [0.1, 0.15) is 5.37 Å². The van der Waals surface area contributed by atoms with Crippen LogP contribution in [0.15, 0.2) is 24.3 Å². The predicted molar refractivity (Wildman–Crippen MR) is 81.7 cm³/mol. The minimum Gasteiger partial charge on any atom is -0.349 e. The maximum absolute atomic E-state index is 12.6. The first-order chi connectivity index (χ1) is 10.7. The third-order valence-corrected chi connectivity index (χ3v) is 4.81. The molecule has 2 amide bonds. The Balaban J connectivity index is 2.11. The molecule has 0 radical (unpaired) electrons. The van der Waals surface area contributed by atoms with Gasteiger partial charge >= 0.3 is 6.18 Å². The molecule has 1 aliphatic heterocycles. The summed E-state index contributed by atoms with van der Waals surface area (Å²) in [7, 11) is 3.27. The van der Waals surface area contributed by atoms with Crippen LogP contribution in [0.25, 0.3) is 0 Å². The van der Waals surface area contributed by atoms with Crippen molar-refractivity contribution in [1.82, 2.24) is 9.80 Å². The summed E-state index contributed by atoms with van der Waals surface area (Å²) in [6.07, 6.45) is -4.19. The summed E-state index contributed by atoms with van der Waals surface area (Å²) >= 11 is 1.36. The highest BCUT2D eigenvalue weighted by molar-refractivity contribution is 8.00. The standard InChI is InChI=1S/C15H17F3N2O2S/c1-19(2)12(21)7-8-20-13(22)9-23-14(20)10-3-5-11(6-4-10)15(16,17)18/h3-6,14H,7-9H2,1-2H3. The number of thioether (sulfide) groups is 1. The zero-order valence-electron chi connectivity index (χ0n) is 12.8. The molecule has 1 aromatic rings. The van der Waals surface area contributed by atoms with Gasteiger partial charge in [0.15, 0.2) is 0 Å². The van der Waals surface area contributed by atoms with E-state index >= 15 is 0 Å². The number of hydrogen-bond acceptors (Lipinski definition) is 3. The summed E-state index contributed by atoms with van der Waals surface area (Å²) in [4.78, 5) is 26.6. The fraction of sp³-hybridized carbons (Fsp3) is 0.467. The van der Waals surface area contributed by atoms with Crippen molar-refractivity contribution in [3.63, 3.8) is 0 Å². The van der Waals surface area contributed by atoms with Crippen LogP contribution in [0.4, 0.5) is 13.2 Å². The van der Waals surface area contributed by atoms with Gasteiger partial charge in [-0.05, 0) is 17.7 Å². The highest BCUT2D eigenvalue weighted by Gasteiger charge is 2.34. The molecule has 1 heterocycles. The van der Waals surface area contributed by atoms with Crippen molar-refractivity contribution < 1.29 is 22.8 Å². The summed E-state index contributed by atoms with van der Waals surface area (Å²) in [5, 5.41) is -0.347. The molecule has 4 nitrogen and oxygen atoms in total. The molecule has 8 heteroatoms. The SMILES string of the molecule is CN(C)C(=O)CCN1C(=O)CSC1c1ccc(C(F)(F)F)cc1. The van der Waals surface area contributed by atoms with Crippen LogP contribution < -0.4 is 0 Å². The Morgan fingerprint density at radius 3 is 2.43 bits per heavy atom. The lowest BCUT2D eigenvalue weighted by molar-refractivity contribution is -0.137. The minimum atomic E-state index is -4.38. The summed E-state index contributed by atoms with van der Waals surface area (Å²) in [6, 6.07) is 4.81. The molecule has 0 saturated carbocycles. The number of carbonyl (C=O) groups excluding carboxylic acids is 2. The highest BCUT2D eigenvalue weighted by atomic mass is 32.2. The normalized spacial score (nSPS) is 18.4. The molecule has 126 valence electrons. The van der Waals surface area contributed by atoms with Gasteiger partial charge in [-0.3, -0.25) is 9.59 Å². The van der Waals surface area contributed by atoms with Gasteiger partial charge in [-0.15, -0.1) is 11.8 Å². The van der Waals surface area contributed by atoms with Gasteiger partial charge in [0.25, 0.3) is 0 Å². The van der Waals surface area contributed by atoms with Crippen molar-refractivity contribution in [1.29, 1.82) is 0 Å². The van der Waals surface area contributed by atoms with Crippen LogP contribution in [0.1, 0.15) is 22.9 Å². The zero-order chi connectivity index (χ0) is 17.2. The van der Waals surface area contributed by atoms with Crippen LogP contribution in [0.3, 0.4) is 0 Å². The van der Waals surface area contributed by atoms with Gasteiger partial charge in [0.2, 0.25) is 11.8 Å². The third-order valence-electron chi connectivity index (χ3n) is 3.56. The van der Waals surface area contributed by atoms with Gasteiger partial charge in [-0.25, -0.2) is 0 Å². The molecule has 1 saturated heterocycles. The number of benzene rings is 1. The summed E-state index contributed by atoms with van der Waals surface area (Å²) in [5.41, 5.74) is -0.0870. The monoisotopic (exact) mass is 346 g/mol. The summed E-state index contributed by atoms with van der Waals surface area (Å²) < 4.78 is 37.8. The lowest BCUT2D eigenvalue weighted by Crippen LogP contribution is -2.33. The van der Waals surface area contributed by atoms with E-state index in [0.29, 0.717) is 5.56 Å². The maximum atomic E-state index is 12.6. The summed E-state index contributed by atoms with van der Waals surface area (Å²) in [6.45, 7) is 0.258. The average molecular weight is 346 g/mol. The van der Waals surface area contributed by atoms with E-state index in [9.17, 15) is 22.8 Å². The fourth-order valence-corrected chi connectivity index (χ4v) is 3.47. The number of alkyl halides is 3. The van der Waals surface area contributed by atoms with Crippen LogP contribution in [0, 0.1) is 0 Å². The molecule has 23 heavy (non-hydrogen) atoms. The Kier molecular flexibility index (Phi) is 5.23. The molecule has 0 bridgehead atoms. The number of halogens is 3. The quantitative estimate of drug-likeness (QED) is 0.842. The highest BCUT2D eigenvalue weighted by Crippen LogP contribution is 2.39. The molecule has 2 rings (SSSR count). The molecule has 0 aromatic heterocycles. The first-order valence-electron chi connectivity index (χ1n) is 6.98. The van der Waals surface area contributed by atoms with Crippen molar-refractivity contribution in [2.45, 2.75) is 18.0 Å². The largest absolute Gasteiger partial charge is 0.416 e.